The third-order valence-corrected chi connectivity index (χ3v) is 6.16. The largest absolute Gasteiger partial charge is 0.495 e. The van der Waals surface area contributed by atoms with Gasteiger partial charge in [0.2, 0.25) is 10.0 Å². The van der Waals surface area contributed by atoms with Crippen LogP contribution in [0.15, 0.2) is 66.1 Å². The smallest absolute Gasteiger partial charge is 0.254 e. The van der Waals surface area contributed by atoms with Crippen molar-refractivity contribution >= 4 is 15.9 Å². The summed E-state index contributed by atoms with van der Waals surface area (Å²) in [5.41, 5.74) is 1.41. The molecule has 0 N–H and O–H groups in total. The molecule has 0 aliphatic heterocycles. The number of carbonyl (C=O) groups is 1. The number of hydrogen-bond acceptors (Lipinski definition) is 4. The van der Waals surface area contributed by atoms with Crippen molar-refractivity contribution in [2.45, 2.75) is 11.3 Å². The van der Waals surface area contributed by atoms with Crippen molar-refractivity contribution in [2.75, 3.05) is 34.3 Å². The van der Waals surface area contributed by atoms with Gasteiger partial charge < -0.3 is 9.64 Å². The van der Waals surface area contributed by atoms with Crippen LogP contribution in [-0.2, 0) is 16.4 Å². The van der Waals surface area contributed by atoms with Crippen LogP contribution in [-0.4, -0.2) is 57.8 Å². The van der Waals surface area contributed by atoms with E-state index in [4.69, 9.17) is 4.74 Å². The second-order valence-electron chi connectivity index (χ2n) is 6.43. The van der Waals surface area contributed by atoms with Gasteiger partial charge in [-0.05, 0) is 30.2 Å². The zero-order chi connectivity index (χ0) is 20.7. The van der Waals surface area contributed by atoms with Gasteiger partial charge >= 0.3 is 0 Å². The van der Waals surface area contributed by atoms with Gasteiger partial charge in [0, 0.05) is 32.7 Å². The van der Waals surface area contributed by atoms with Gasteiger partial charge in [-0.15, -0.1) is 6.58 Å². The molecule has 0 bridgehead atoms. The Morgan fingerprint density at radius 3 is 2.39 bits per heavy atom. The average Bonchev–Trinajstić information content (AvgIpc) is 2.70. The summed E-state index contributed by atoms with van der Waals surface area (Å²) in [4.78, 5) is 14.6. The standard InChI is InChI=1S/C21H26N2O4S/c1-5-14-23(15-13-17-9-7-6-8-10-17)21(24)18-11-12-19(27-4)20(16-18)28(25,26)22(2)3/h5-12,16H,1,13-15H2,2-4H3. The topological polar surface area (TPSA) is 66.9 Å². The Hall–Kier alpha value is -2.64. The highest BCUT2D eigenvalue weighted by atomic mass is 32.2. The van der Waals surface area contributed by atoms with Gasteiger partial charge in [-0.25, -0.2) is 12.7 Å². The first-order valence-corrected chi connectivity index (χ1v) is 10.3. The fourth-order valence-corrected chi connectivity index (χ4v) is 3.81. The maximum absolute atomic E-state index is 13.0. The molecule has 0 aromatic heterocycles. The number of benzene rings is 2. The zero-order valence-corrected chi connectivity index (χ0v) is 17.3. The summed E-state index contributed by atoms with van der Waals surface area (Å²) in [6.07, 6.45) is 2.35. The zero-order valence-electron chi connectivity index (χ0n) is 16.5. The molecule has 28 heavy (non-hydrogen) atoms. The molecule has 2 rings (SSSR count). The van der Waals surface area contributed by atoms with Gasteiger partial charge in [0.1, 0.15) is 10.6 Å². The van der Waals surface area contributed by atoms with Crippen molar-refractivity contribution in [3.63, 3.8) is 0 Å². The number of sulfonamides is 1. The van der Waals surface area contributed by atoms with Crippen LogP contribution in [0, 0.1) is 0 Å². The Balaban J connectivity index is 2.32. The lowest BCUT2D eigenvalue weighted by Crippen LogP contribution is -2.33. The molecule has 0 aliphatic carbocycles. The number of amides is 1. The van der Waals surface area contributed by atoms with Crippen LogP contribution in [0.25, 0.3) is 0 Å². The van der Waals surface area contributed by atoms with E-state index in [0.717, 1.165) is 9.87 Å². The SMILES string of the molecule is C=CCN(CCc1ccccc1)C(=O)c1ccc(OC)c(S(=O)(=O)N(C)C)c1. The minimum atomic E-state index is -3.75. The molecule has 0 atom stereocenters. The maximum atomic E-state index is 13.0. The molecule has 2 aromatic carbocycles. The fourth-order valence-electron chi connectivity index (χ4n) is 2.73. The number of nitrogens with zero attached hydrogens (tertiary/aromatic N) is 2. The predicted molar refractivity (Wildman–Crippen MR) is 110 cm³/mol. The first kappa shape index (κ1) is 21.7. The molecule has 0 saturated heterocycles. The molecule has 0 saturated carbocycles. The Kier molecular flexibility index (Phi) is 7.37. The third-order valence-electron chi connectivity index (χ3n) is 4.32. The molecule has 7 heteroatoms. The second kappa shape index (κ2) is 9.52. The first-order valence-electron chi connectivity index (χ1n) is 8.86. The van der Waals surface area contributed by atoms with Crippen molar-refractivity contribution in [1.82, 2.24) is 9.21 Å². The molecule has 0 heterocycles. The summed E-state index contributed by atoms with van der Waals surface area (Å²) in [5.74, 6) is -0.0569. The van der Waals surface area contributed by atoms with E-state index in [0.29, 0.717) is 19.5 Å². The Labute approximate surface area is 167 Å². The van der Waals surface area contributed by atoms with Crippen molar-refractivity contribution in [3.05, 3.63) is 72.3 Å². The molecule has 2 aromatic rings. The summed E-state index contributed by atoms with van der Waals surface area (Å²) < 4.78 is 31.5. The number of rotatable bonds is 9. The van der Waals surface area contributed by atoms with Crippen LogP contribution in [0.1, 0.15) is 15.9 Å². The van der Waals surface area contributed by atoms with E-state index < -0.39 is 10.0 Å². The molecule has 0 aliphatic rings. The summed E-state index contributed by atoms with van der Waals surface area (Å²) in [6.45, 7) is 4.59. The van der Waals surface area contributed by atoms with Crippen molar-refractivity contribution < 1.29 is 17.9 Å². The quantitative estimate of drug-likeness (QED) is 0.605. The van der Waals surface area contributed by atoms with Gasteiger partial charge in [0.15, 0.2) is 0 Å². The van der Waals surface area contributed by atoms with Crippen LogP contribution >= 0.6 is 0 Å². The maximum Gasteiger partial charge on any atom is 0.254 e. The van der Waals surface area contributed by atoms with Crippen LogP contribution in [0.4, 0.5) is 0 Å². The van der Waals surface area contributed by atoms with Gasteiger partial charge in [-0.2, -0.15) is 0 Å². The van der Waals surface area contributed by atoms with E-state index in [2.05, 4.69) is 6.58 Å². The van der Waals surface area contributed by atoms with Gasteiger partial charge in [0.05, 0.1) is 7.11 Å². The lowest BCUT2D eigenvalue weighted by molar-refractivity contribution is 0.0775. The lowest BCUT2D eigenvalue weighted by atomic mass is 10.1. The van der Waals surface area contributed by atoms with E-state index in [1.807, 2.05) is 30.3 Å². The lowest BCUT2D eigenvalue weighted by Gasteiger charge is -2.22. The van der Waals surface area contributed by atoms with Crippen LogP contribution in [0.5, 0.6) is 5.75 Å². The van der Waals surface area contributed by atoms with E-state index in [1.54, 1.807) is 17.0 Å². The molecule has 0 spiro atoms. The summed E-state index contributed by atoms with van der Waals surface area (Å²) in [6, 6.07) is 14.3. The Morgan fingerprint density at radius 1 is 1.14 bits per heavy atom. The van der Waals surface area contributed by atoms with E-state index in [-0.39, 0.29) is 22.1 Å². The predicted octanol–water partition coefficient (Wildman–Crippen LogP) is 2.82. The highest BCUT2D eigenvalue weighted by Crippen LogP contribution is 2.27. The molecule has 1 amide bonds. The van der Waals surface area contributed by atoms with Crippen molar-refractivity contribution in [2.24, 2.45) is 0 Å². The fraction of sp³-hybridized carbons (Fsp3) is 0.286. The van der Waals surface area contributed by atoms with Gasteiger partial charge in [0.25, 0.3) is 5.91 Å². The second-order valence-corrected chi connectivity index (χ2v) is 8.55. The highest BCUT2D eigenvalue weighted by molar-refractivity contribution is 7.89. The van der Waals surface area contributed by atoms with Crippen LogP contribution in [0.3, 0.4) is 0 Å². The van der Waals surface area contributed by atoms with Crippen LogP contribution < -0.4 is 4.74 Å². The molecule has 0 unspecified atom stereocenters. The molecule has 6 nitrogen and oxygen atoms in total. The molecular formula is C21H26N2O4S. The van der Waals surface area contributed by atoms with E-state index in [9.17, 15) is 13.2 Å². The van der Waals surface area contributed by atoms with Crippen LogP contribution in [0.2, 0.25) is 0 Å². The van der Waals surface area contributed by atoms with E-state index in [1.165, 1.54) is 33.3 Å². The molecular weight excluding hydrogens is 376 g/mol. The Bertz CT molecular complexity index is 925. The summed E-state index contributed by atoms with van der Waals surface area (Å²) >= 11 is 0. The van der Waals surface area contributed by atoms with Gasteiger partial charge in [-0.1, -0.05) is 36.4 Å². The molecule has 0 fully saturated rings. The monoisotopic (exact) mass is 402 g/mol. The number of ether oxygens (including phenoxy) is 1. The first-order chi connectivity index (χ1) is 13.3. The normalized spacial score (nSPS) is 11.3. The summed E-state index contributed by atoms with van der Waals surface area (Å²) in [5, 5.41) is 0. The minimum absolute atomic E-state index is 0.0348. The van der Waals surface area contributed by atoms with E-state index >= 15 is 0 Å². The van der Waals surface area contributed by atoms with Gasteiger partial charge in [-0.3, -0.25) is 4.79 Å². The number of methoxy groups -OCH3 is 1. The summed E-state index contributed by atoms with van der Waals surface area (Å²) in [7, 11) is 0.522. The highest BCUT2D eigenvalue weighted by Gasteiger charge is 2.25. The average molecular weight is 403 g/mol. The third kappa shape index (κ3) is 4.99. The number of hydrogen-bond donors (Lipinski definition) is 0. The van der Waals surface area contributed by atoms with Crippen molar-refractivity contribution in [3.8, 4) is 5.75 Å². The van der Waals surface area contributed by atoms with Crippen molar-refractivity contribution in [1.29, 1.82) is 0 Å². The molecule has 0 radical (unpaired) electrons. The number of carbonyl (C=O) groups excluding carboxylic acids is 1. The molecule has 150 valence electrons. The minimum Gasteiger partial charge on any atom is -0.495 e. The Morgan fingerprint density at radius 2 is 1.82 bits per heavy atom.